The molecule has 0 spiro atoms. The zero-order valence-corrected chi connectivity index (χ0v) is 32.9. The zero-order valence-electron chi connectivity index (χ0n) is 31.3. The van der Waals surface area contributed by atoms with Crippen LogP contribution in [-0.2, 0) is 23.9 Å². The lowest BCUT2D eigenvalue weighted by atomic mass is 9.86. The summed E-state index contributed by atoms with van der Waals surface area (Å²) in [5.74, 6) is 1.19. The molecule has 0 bridgehead atoms. The molecule has 1 atom stereocenters. The van der Waals surface area contributed by atoms with Crippen molar-refractivity contribution in [2.45, 2.75) is 105 Å². The number of carbonyl (C=O) groups excluding carboxylic acids is 3. The second kappa shape index (κ2) is 30.3. The fourth-order valence-corrected chi connectivity index (χ4v) is 5.92. The van der Waals surface area contributed by atoms with Gasteiger partial charge in [-0.3, -0.25) is 14.4 Å². The maximum atomic E-state index is 12.7. The summed E-state index contributed by atoms with van der Waals surface area (Å²) in [5, 5.41) is 8.61. The lowest BCUT2D eigenvalue weighted by Gasteiger charge is -2.34. The Bertz CT molecular complexity index is 1080. The van der Waals surface area contributed by atoms with Crippen molar-refractivity contribution in [3.63, 3.8) is 0 Å². The van der Waals surface area contributed by atoms with Crippen LogP contribution < -0.4 is 16.0 Å². The molecule has 0 aliphatic carbocycles. The van der Waals surface area contributed by atoms with Crippen LogP contribution in [0.15, 0.2) is 72.9 Å². The van der Waals surface area contributed by atoms with Gasteiger partial charge in [0.05, 0.1) is 12.2 Å². The Morgan fingerprint density at radius 3 is 1.53 bits per heavy atom. The molecule has 0 aliphatic heterocycles. The van der Waals surface area contributed by atoms with Crippen LogP contribution in [0.25, 0.3) is 0 Å². The van der Waals surface area contributed by atoms with E-state index in [0.29, 0.717) is 26.1 Å². The first-order chi connectivity index (χ1) is 23.4. The molecule has 0 aromatic heterocycles. The first-order valence-electron chi connectivity index (χ1n) is 17.5. The Hall–Kier alpha value is -2.53. The predicted octanol–water partition coefficient (Wildman–Crippen LogP) is 8.05. The highest BCUT2D eigenvalue weighted by atomic mass is 33.1. The van der Waals surface area contributed by atoms with Crippen molar-refractivity contribution in [1.82, 2.24) is 16.0 Å². The molecule has 0 rings (SSSR count). The van der Waals surface area contributed by atoms with Gasteiger partial charge in [-0.1, -0.05) is 115 Å². The van der Waals surface area contributed by atoms with E-state index in [1.54, 1.807) is 21.6 Å². The zero-order chi connectivity index (χ0) is 36.6. The van der Waals surface area contributed by atoms with Gasteiger partial charge in [-0.2, -0.15) is 0 Å². The smallest absolute Gasteiger partial charge is 0.249 e. The van der Waals surface area contributed by atoms with E-state index in [1.165, 1.54) is 7.11 Å². The highest BCUT2D eigenvalue weighted by Crippen LogP contribution is 2.26. The molecule has 0 fully saturated rings. The molecule has 8 nitrogen and oxygen atoms in total. The molecule has 0 saturated heterocycles. The van der Waals surface area contributed by atoms with Crippen LogP contribution in [0.3, 0.4) is 0 Å². The van der Waals surface area contributed by atoms with Crippen molar-refractivity contribution in [2.24, 2.45) is 5.41 Å². The molecule has 0 unspecified atom stereocenters. The van der Waals surface area contributed by atoms with Crippen LogP contribution in [0.2, 0.25) is 0 Å². The maximum Gasteiger partial charge on any atom is 0.249 e. The van der Waals surface area contributed by atoms with E-state index >= 15 is 0 Å². The first kappa shape index (κ1) is 46.5. The topological polar surface area (TPSA) is 106 Å². The fraction of sp³-hybridized carbons (Fsp3) is 0.615. The maximum absolute atomic E-state index is 12.7. The lowest BCUT2D eigenvalue weighted by molar-refractivity contribution is -0.145. The van der Waals surface area contributed by atoms with E-state index < -0.39 is 11.5 Å². The number of amides is 3. The molecular weight excluding hydrogens is 655 g/mol. The average Bonchev–Trinajstić information content (AvgIpc) is 3.04. The van der Waals surface area contributed by atoms with Gasteiger partial charge in [0.25, 0.3) is 0 Å². The summed E-state index contributed by atoms with van der Waals surface area (Å²) >= 11 is 0. The molecule has 0 aromatic carbocycles. The Morgan fingerprint density at radius 2 is 1.08 bits per heavy atom. The Kier molecular flexibility index (Phi) is 28.7. The van der Waals surface area contributed by atoms with Gasteiger partial charge in [-0.15, -0.1) is 0 Å². The molecule has 0 aromatic rings. The standard InChI is InChI=1S/C39H65N3O5S2/c1-8-9-10-11-12-13-14-15-16-17-18-19-20-21-22-23-24-25-26-34(43)40-29-31-48-49-32-30-41-35(44)27-28-42-37(45)36(46-7)39(5,6)33-47-38(2,3)4/h9-10,12-13,15-16,18-19,21-22,24-25,36H,8,11,14,17,20,23,26-33H2,1-7H3,(H,40,43)(H,41,44)(H,42,45)/b10-9-,13-12-,16-15-,19-18-,22-21-,25-24-/t36-/m0/s1. The summed E-state index contributed by atoms with van der Waals surface area (Å²) in [5.41, 5.74) is -0.839. The molecule has 0 saturated carbocycles. The average molecular weight is 720 g/mol. The summed E-state index contributed by atoms with van der Waals surface area (Å²) < 4.78 is 11.3. The largest absolute Gasteiger partial charge is 0.375 e. The summed E-state index contributed by atoms with van der Waals surface area (Å²) in [6.07, 6.45) is 31.4. The fourth-order valence-electron chi connectivity index (χ4n) is 4.11. The van der Waals surface area contributed by atoms with Crippen molar-refractivity contribution < 1.29 is 23.9 Å². The number of methoxy groups -OCH3 is 1. The van der Waals surface area contributed by atoms with Gasteiger partial charge in [0.2, 0.25) is 17.7 Å². The van der Waals surface area contributed by atoms with Gasteiger partial charge in [-0.25, -0.2) is 0 Å². The Labute approximate surface area is 305 Å². The van der Waals surface area contributed by atoms with E-state index in [2.05, 4.69) is 83.6 Å². The molecule has 10 heteroatoms. The number of allylic oxidation sites excluding steroid dienone is 11. The number of rotatable bonds is 28. The van der Waals surface area contributed by atoms with Crippen LogP contribution in [-0.4, -0.2) is 74.3 Å². The Balaban J connectivity index is 3.81. The molecule has 3 N–H and O–H groups in total. The normalized spacial score (nSPS) is 13.5. The summed E-state index contributed by atoms with van der Waals surface area (Å²) in [6.45, 7) is 13.7. The minimum atomic E-state index is -0.687. The van der Waals surface area contributed by atoms with E-state index in [4.69, 9.17) is 9.47 Å². The number of hydrogen-bond donors (Lipinski definition) is 3. The first-order valence-corrected chi connectivity index (χ1v) is 20.0. The number of nitrogens with one attached hydrogen (secondary N) is 3. The highest BCUT2D eigenvalue weighted by molar-refractivity contribution is 8.76. The van der Waals surface area contributed by atoms with Crippen molar-refractivity contribution in [3.05, 3.63) is 72.9 Å². The quantitative estimate of drug-likeness (QED) is 0.0427. The van der Waals surface area contributed by atoms with Gasteiger partial charge in [-0.05, 0) is 59.3 Å². The SMILES string of the molecule is CC/C=C\C/C=C\C/C=C\C/C=C\C/C=C\C/C=C\CC(=O)NCCSSCCNC(=O)CCNC(=O)[C@H](OC)C(C)(C)COC(C)(C)C. The lowest BCUT2D eigenvalue weighted by Crippen LogP contribution is -2.48. The third-order valence-electron chi connectivity index (χ3n) is 6.71. The molecule has 278 valence electrons. The second-order valence-corrected chi connectivity index (χ2v) is 15.7. The summed E-state index contributed by atoms with van der Waals surface area (Å²) in [6, 6.07) is 0. The van der Waals surface area contributed by atoms with Crippen molar-refractivity contribution in [2.75, 3.05) is 44.9 Å². The number of ether oxygens (including phenoxy) is 2. The van der Waals surface area contributed by atoms with Gasteiger partial charge in [0, 0.05) is 56.5 Å². The van der Waals surface area contributed by atoms with E-state index in [-0.39, 0.29) is 36.3 Å². The van der Waals surface area contributed by atoms with Crippen LogP contribution in [0.1, 0.15) is 92.9 Å². The molecule has 0 heterocycles. The van der Waals surface area contributed by atoms with Crippen LogP contribution >= 0.6 is 21.6 Å². The summed E-state index contributed by atoms with van der Waals surface area (Å²) in [4.78, 5) is 36.8. The molecule has 49 heavy (non-hydrogen) atoms. The second-order valence-electron chi connectivity index (χ2n) is 13.0. The van der Waals surface area contributed by atoms with Crippen LogP contribution in [0.4, 0.5) is 0 Å². The Morgan fingerprint density at radius 1 is 0.633 bits per heavy atom. The third kappa shape index (κ3) is 30.1. The third-order valence-corrected chi connectivity index (χ3v) is 9.12. The molecular formula is C39H65N3O5S2. The monoisotopic (exact) mass is 719 g/mol. The van der Waals surface area contributed by atoms with Gasteiger partial charge < -0.3 is 25.4 Å². The van der Waals surface area contributed by atoms with E-state index in [0.717, 1.165) is 50.0 Å². The summed E-state index contributed by atoms with van der Waals surface area (Å²) in [7, 11) is 4.82. The van der Waals surface area contributed by atoms with Gasteiger partial charge in [0.15, 0.2) is 0 Å². The van der Waals surface area contributed by atoms with E-state index in [9.17, 15) is 14.4 Å². The molecule has 0 aliphatic rings. The minimum Gasteiger partial charge on any atom is -0.375 e. The number of hydrogen-bond acceptors (Lipinski definition) is 7. The van der Waals surface area contributed by atoms with E-state index in [1.807, 2.05) is 46.8 Å². The van der Waals surface area contributed by atoms with Crippen molar-refractivity contribution >= 4 is 39.3 Å². The van der Waals surface area contributed by atoms with Crippen LogP contribution in [0.5, 0.6) is 0 Å². The van der Waals surface area contributed by atoms with Gasteiger partial charge >= 0.3 is 0 Å². The number of carbonyl (C=O) groups is 3. The molecule has 0 radical (unpaired) electrons. The highest BCUT2D eigenvalue weighted by Gasteiger charge is 2.36. The van der Waals surface area contributed by atoms with Crippen molar-refractivity contribution in [1.29, 1.82) is 0 Å². The molecule has 3 amide bonds. The van der Waals surface area contributed by atoms with Crippen LogP contribution in [0, 0.1) is 5.41 Å². The predicted molar refractivity (Wildman–Crippen MR) is 212 cm³/mol. The van der Waals surface area contributed by atoms with Gasteiger partial charge in [0.1, 0.15) is 6.10 Å². The minimum absolute atomic E-state index is 0.0172. The van der Waals surface area contributed by atoms with Crippen molar-refractivity contribution in [3.8, 4) is 0 Å².